The molecule has 31 heavy (non-hydrogen) atoms. The van der Waals surface area contributed by atoms with Crippen LogP contribution in [0, 0.1) is 35.1 Å². The number of rotatable bonds is 3. The summed E-state index contributed by atoms with van der Waals surface area (Å²) in [5, 5.41) is 0. The molecule has 2 aliphatic carbocycles. The van der Waals surface area contributed by atoms with Crippen molar-refractivity contribution in [1.82, 2.24) is 0 Å². The molecule has 4 rings (SSSR count). The van der Waals surface area contributed by atoms with Gasteiger partial charge < -0.3 is 4.74 Å². The van der Waals surface area contributed by atoms with Crippen molar-refractivity contribution < 1.29 is 35.5 Å². The summed E-state index contributed by atoms with van der Waals surface area (Å²) in [5.41, 5.74) is -0.324. The molecule has 0 aliphatic heterocycles. The normalized spacial score (nSPS) is 23.1. The third kappa shape index (κ3) is 4.04. The number of hydrogen-bond acceptors (Lipinski definition) is 1. The van der Waals surface area contributed by atoms with Gasteiger partial charge in [0.25, 0.3) is 0 Å². The van der Waals surface area contributed by atoms with Gasteiger partial charge in [-0.25, -0.2) is 17.6 Å². The Morgan fingerprint density at radius 2 is 1.61 bits per heavy atom. The number of fused-ring (bicyclic) bond motifs is 3. The SMILES string of the molecule is C=C[C@@H]1CC[C@@H]2c3cc(F)c(-c4cc(F)c(OC(F)(F)F)c(F)c4)c(F)c3CC[C@@H]2C1. The molecule has 166 valence electrons. The van der Waals surface area contributed by atoms with Crippen molar-refractivity contribution in [1.29, 1.82) is 0 Å². The van der Waals surface area contributed by atoms with E-state index in [9.17, 15) is 26.3 Å². The van der Waals surface area contributed by atoms with E-state index in [0.717, 1.165) is 19.3 Å². The molecule has 0 saturated heterocycles. The maximum Gasteiger partial charge on any atom is 0.573 e. The first kappa shape index (κ1) is 21.7. The second kappa shape index (κ2) is 7.88. The van der Waals surface area contributed by atoms with Crippen LogP contribution in [0.4, 0.5) is 30.7 Å². The average Bonchev–Trinajstić information content (AvgIpc) is 2.69. The second-order valence-electron chi connectivity index (χ2n) is 8.15. The number of hydrogen-bond donors (Lipinski definition) is 0. The van der Waals surface area contributed by atoms with Crippen LogP contribution in [-0.4, -0.2) is 6.36 Å². The molecular weight excluding hydrogens is 425 g/mol. The maximum absolute atomic E-state index is 15.3. The maximum atomic E-state index is 15.3. The van der Waals surface area contributed by atoms with E-state index in [0.29, 0.717) is 42.0 Å². The van der Waals surface area contributed by atoms with E-state index < -0.39 is 46.5 Å². The number of ether oxygens (including phenoxy) is 1. The number of benzene rings is 2. The molecule has 0 N–H and O–H groups in total. The van der Waals surface area contributed by atoms with Crippen molar-refractivity contribution in [2.45, 2.75) is 44.4 Å². The summed E-state index contributed by atoms with van der Waals surface area (Å²) in [4.78, 5) is 0. The van der Waals surface area contributed by atoms with Crippen LogP contribution in [0.3, 0.4) is 0 Å². The Kier molecular flexibility index (Phi) is 5.52. The molecule has 8 heteroatoms. The first-order valence-corrected chi connectivity index (χ1v) is 9.97. The van der Waals surface area contributed by atoms with Crippen molar-refractivity contribution >= 4 is 0 Å². The largest absolute Gasteiger partial charge is 0.573 e. The van der Waals surface area contributed by atoms with E-state index in [-0.39, 0.29) is 11.8 Å². The van der Waals surface area contributed by atoms with E-state index in [1.807, 2.05) is 6.08 Å². The minimum absolute atomic E-state index is 0.00552. The van der Waals surface area contributed by atoms with Gasteiger partial charge in [-0.15, -0.1) is 19.8 Å². The molecule has 2 aromatic carbocycles. The number of halogens is 7. The van der Waals surface area contributed by atoms with Gasteiger partial charge in [0.2, 0.25) is 5.75 Å². The highest BCUT2D eigenvalue weighted by atomic mass is 19.4. The van der Waals surface area contributed by atoms with E-state index in [1.165, 1.54) is 6.07 Å². The van der Waals surface area contributed by atoms with Gasteiger partial charge in [-0.05, 0) is 84.7 Å². The number of allylic oxidation sites excluding steroid dienone is 1. The van der Waals surface area contributed by atoms with Crippen LogP contribution < -0.4 is 4.74 Å². The van der Waals surface area contributed by atoms with Gasteiger partial charge in [-0.1, -0.05) is 6.08 Å². The average molecular weight is 444 g/mol. The predicted molar refractivity (Wildman–Crippen MR) is 100 cm³/mol. The first-order chi connectivity index (χ1) is 14.6. The summed E-state index contributed by atoms with van der Waals surface area (Å²) in [7, 11) is 0. The van der Waals surface area contributed by atoms with Crippen LogP contribution in [0.1, 0.15) is 42.7 Å². The molecule has 0 heterocycles. The number of alkyl halides is 3. The van der Waals surface area contributed by atoms with Crippen molar-refractivity contribution in [3.8, 4) is 16.9 Å². The lowest BCUT2D eigenvalue weighted by Gasteiger charge is -2.40. The highest BCUT2D eigenvalue weighted by Gasteiger charge is 2.38. The van der Waals surface area contributed by atoms with E-state index in [2.05, 4.69) is 11.3 Å². The van der Waals surface area contributed by atoms with Gasteiger partial charge in [-0.3, -0.25) is 0 Å². The molecule has 1 saturated carbocycles. The molecule has 2 aromatic rings. The van der Waals surface area contributed by atoms with E-state index >= 15 is 4.39 Å². The first-order valence-electron chi connectivity index (χ1n) is 9.97. The molecule has 0 bridgehead atoms. The molecule has 2 aliphatic rings. The van der Waals surface area contributed by atoms with Gasteiger partial charge in [0, 0.05) is 0 Å². The van der Waals surface area contributed by atoms with E-state index in [4.69, 9.17) is 0 Å². The van der Waals surface area contributed by atoms with Gasteiger partial charge in [0.05, 0.1) is 5.56 Å². The zero-order chi connectivity index (χ0) is 22.5. The zero-order valence-electron chi connectivity index (χ0n) is 16.3. The van der Waals surface area contributed by atoms with Crippen LogP contribution in [-0.2, 0) is 6.42 Å². The van der Waals surface area contributed by atoms with Gasteiger partial charge in [0.1, 0.15) is 11.6 Å². The summed E-state index contributed by atoms with van der Waals surface area (Å²) < 4.78 is 98.8. The Hall–Kier alpha value is -2.51. The van der Waals surface area contributed by atoms with Crippen LogP contribution in [0.5, 0.6) is 5.75 Å². The smallest absolute Gasteiger partial charge is 0.399 e. The fourth-order valence-electron chi connectivity index (χ4n) is 5.02. The Morgan fingerprint density at radius 3 is 2.23 bits per heavy atom. The van der Waals surface area contributed by atoms with Crippen LogP contribution in [0.2, 0.25) is 0 Å². The quantitative estimate of drug-likeness (QED) is 0.353. The molecule has 0 unspecified atom stereocenters. The third-order valence-electron chi connectivity index (χ3n) is 6.38. The van der Waals surface area contributed by atoms with Gasteiger partial charge in [-0.2, -0.15) is 0 Å². The second-order valence-corrected chi connectivity index (χ2v) is 8.15. The Morgan fingerprint density at radius 1 is 0.935 bits per heavy atom. The van der Waals surface area contributed by atoms with E-state index in [1.54, 1.807) is 0 Å². The van der Waals surface area contributed by atoms with Gasteiger partial charge >= 0.3 is 6.36 Å². The molecule has 3 atom stereocenters. The summed E-state index contributed by atoms with van der Waals surface area (Å²) >= 11 is 0. The van der Waals surface area contributed by atoms with Crippen LogP contribution >= 0.6 is 0 Å². The molecule has 0 amide bonds. The molecular formula is C23H19F7O. The predicted octanol–water partition coefficient (Wildman–Crippen LogP) is 7.44. The standard InChI is InChI=1S/C23H19F7O/c1-2-11-3-5-14-12(7-11)4-6-15-16(14)10-17(24)20(21(15)27)13-8-18(25)22(19(26)9-13)31-23(28,29)30/h2,8-12,14H,1,3-7H2/t11-,12-,14+/m1/s1. The molecule has 0 radical (unpaired) electrons. The Balaban J connectivity index is 1.75. The summed E-state index contributed by atoms with van der Waals surface area (Å²) in [6.07, 6.45) is 0.171. The summed E-state index contributed by atoms with van der Waals surface area (Å²) in [6, 6.07) is 2.09. The molecule has 0 spiro atoms. The Labute approximate surface area is 174 Å². The monoisotopic (exact) mass is 444 g/mol. The highest BCUT2D eigenvalue weighted by Crippen LogP contribution is 2.49. The minimum atomic E-state index is -5.31. The zero-order valence-corrected chi connectivity index (χ0v) is 16.3. The lowest BCUT2D eigenvalue weighted by Crippen LogP contribution is -2.28. The third-order valence-corrected chi connectivity index (χ3v) is 6.38. The van der Waals surface area contributed by atoms with Crippen molar-refractivity contribution in [3.05, 3.63) is 65.2 Å². The van der Waals surface area contributed by atoms with Crippen LogP contribution in [0.25, 0.3) is 11.1 Å². The Bertz CT molecular complexity index is 1000. The molecule has 1 nitrogen and oxygen atoms in total. The van der Waals surface area contributed by atoms with Gasteiger partial charge in [0.15, 0.2) is 11.6 Å². The fourth-order valence-corrected chi connectivity index (χ4v) is 5.02. The lowest BCUT2D eigenvalue weighted by molar-refractivity contribution is -0.276. The highest BCUT2D eigenvalue weighted by molar-refractivity contribution is 5.68. The lowest BCUT2D eigenvalue weighted by atomic mass is 9.65. The molecule has 1 fully saturated rings. The van der Waals surface area contributed by atoms with Crippen molar-refractivity contribution in [2.75, 3.05) is 0 Å². The van der Waals surface area contributed by atoms with Crippen molar-refractivity contribution in [3.63, 3.8) is 0 Å². The van der Waals surface area contributed by atoms with Crippen LogP contribution in [0.15, 0.2) is 30.9 Å². The fraction of sp³-hybridized carbons (Fsp3) is 0.391. The summed E-state index contributed by atoms with van der Waals surface area (Å²) in [5.74, 6) is -6.36. The summed E-state index contributed by atoms with van der Waals surface area (Å²) in [6.45, 7) is 3.83. The van der Waals surface area contributed by atoms with Crippen molar-refractivity contribution in [2.24, 2.45) is 11.8 Å². The topological polar surface area (TPSA) is 9.23 Å². The minimum Gasteiger partial charge on any atom is -0.399 e. The molecule has 0 aromatic heterocycles.